The maximum atomic E-state index is 11.9. The van der Waals surface area contributed by atoms with Crippen molar-refractivity contribution in [1.29, 1.82) is 0 Å². The molecule has 21 heavy (non-hydrogen) atoms. The summed E-state index contributed by atoms with van der Waals surface area (Å²) in [4.78, 5) is 11.9. The lowest BCUT2D eigenvalue weighted by atomic mass is 10.1. The lowest BCUT2D eigenvalue weighted by Crippen LogP contribution is -2.65. The van der Waals surface area contributed by atoms with Gasteiger partial charge in [0.1, 0.15) is 28.3 Å². The van der Waals surface area contributed by atoms with Crippen LogP contribution in [-0.2, 0) is 11.2 Å². The van der Waals surface area contributed by atoms with E-state index in [4.69, 9.17) is 0 Å². The third-order valence-electron chi connectivity index (χ3n) is 3.41. The fourth-order valence-electron chi connectivity index (χ4n) is 3.09. The first-order chi connectivity index (χ1) is 9.43. The lowest BCUT2D eigenvalue weighted by molar-refractivity contribution is -0.140. The van der Waals surface area contributed by atoms with Gasteiger partial charge in [-0.3, -0.25) is 4.79 Å². The van der Waals surface area contributed by atoms with Crippen LogP contribution in [0.25, 0.3) is 0 Å². The predicted octanol–water partition coefficient (Wildman–Crippen LogP) is 3.36. The minimum absolute atomic E-state index is 0.206. The number of carboxylic acids is 1. The Bertz CT molecular complexity index is 475. The standard InChI is InChI=1S/C15H27NO3Si2/c1-20(2,3)16(21(4,5)6)14(15(18)19)11-12-7-9-13(17)10-8-12/h7-10,14,17H,11H2,1-6H3,(H,18,19)/t14-/m0/s1. The summed E-state index contributed by atoms with van der Waals surface area (Å²) >= 11 is 0. The van der Waals surface area contributed by atoms with Gasteiger partial charge in [0.25, 0.3) is 0 Å². The molecule has 1 aromatic rings. The average Bonchev–Trinajstić information content (AvgIpc) is 2.27. The van der Waals surface area contributed by atoms with Gasteiger partial charge in [-0.1, -0.05) is 51.4 Å². The molecule has 0 unspecified atom stereocenters. The number of carboxylic acid groups (broad SMARTS) is 1. The van der Waals surface area contributed by atoms with Crippen LogP contribution in [0.15, 0.2) is 24.3 Å². The molecule has 0 amide bonds. The van der Waals surface area contributed by atoms with Gasteiger partial charge >= 0.3 is 5.97 Å². The number of phenolic OH excluding ortho intramolecular Hbond substituents is 1. The number of phenols is 1. The number of hydrogen-bond acceptors (Lipinski definition) is 3. The summed E-state index contributed by atoms with van der Waals surface area (Å²) in [6.45, 7) is 13.2. The molecule has 0 spiro atoms. The van der Waals surface area contributed by atoms with E-state index in [0.29, 0.717) is 6.42 Å². The highest BCUT2D eigenvalue weighted by Crippen LogP contribution is 2.25. The quantitative estimate of drug-likeness (QED) is 0.787. The maximum Gasteiger partial charge on any atom is 0.319 e. The van der Waals surface area contributed by atoms with Gasteiger partial charge in [-0.05, 0) is 24.1 Å². The molecule has 1 aromatic carbocycles. The number of rotatable bonds is 6. The molecule has 1 rings (SSSR count). The third-order valence-corrected chi connectivity index (χ3v) is 10.9. The van der Waals surface area contributed by atoms with E-state index in [0.717, 1.165) is 5.56 Å². The average molecular weight is 326 g/mol. The fourth-order valence-corrected chi connectivity index (χ4v) is 13.4. The van der Waals surface area contributed by atoms with E-state index >= 15 is 0 Å². The highest BCUT2D eigenvalue weighted by atomic mass is 28.4. The Hall–Kier alpha value is -1.12. The summed E-state index contributed by atoms with van der Waals surface area (Å²) in [5.41, 5.74) is 0.946. The number of hydrogen-bond donors (Lipinski definition) is 2. The molecule has 0 aliphatic rings. The van der Waals surface area contributed by atoms with Crippen molar-refractivity contribution < 1.29 is 15.0 Å². The monoisotopic (exact) mass is 325 g/mol. The second-order valence-corrected chi connectivity index (χ2v) is 17.5. The summed E-state index contributed by atoms with van der Waals surface area (Å²) in [7, 11) is -3.50. The SMILES string of the molecule is C[Si](C)(C)N([C@@H](Cc1ccc(O)cc1)C(=O)O)[Si](C)(C)C. The molecule has 0 saturated carbocycles. The minimum atomic E-state index is -1.75. The maximum absolute atomic E-state index is 11.9. The molecule has 0 aliphatic carbocycles. The molecule has 1 atom stereocenters. The molecule has 0 aliphatic heterocycles. The summed E-state index contributed by atoms with van der Waals surface area (Å²) in [6.07, 6.45) is 0.476. The van der Waals surface area contributed by atoms with Crippen LogP contribution in [0.5, 0.6) is 5.75 Å². The zero-order valence-corrected chi connectivity index (χ0v) is 15.8. The van der Waals surface area contributed by atoms with E-state index in [2.05, 4.69) is 43.5 Å². The van der Waals surface area contributed by atoms with Crippen molar-refractivity contribution in [2.24, 2.45) is 0 Å². The largest absolute Gasteiger partial charge is 0.508 e. The van der Waals surface area contributed by atoms with Gasteiger partial charge < -0.3 is 14.4 Å². The minimum Gasteiger partial charge on any atom is -0.508 e. The normalized spacial score (nSPS) is 14.2. The molecule has 6 heteroatoms. The molecule has 4 nitrogen and oxygen atoms in total. The topological polar surface area (TPSA) is 60.8 Å². The molecular formula is C15H27NO3Si2. The molecule has 0 aromatic heterocycles. The van der Waals surface area contributed by atoms with E-state index in [9.17, 15) is 15.0 Å². The van der Waals surface area contributed by atoms with Crippen LogP contribution in [-0.4, -0.2) is 42.9 Å². The first kappa shape index (κ1) is 17.9. The first-order valence-electron chi connectivity index (χ1n) is 7.23. The van der Waals surface area contributed by atoms with Crippen molar-refractivity contribution in [3.63, 3.8) is 0 Å². The molecular weight excluding hydrogens is 298 g/mol. The predicted molar refractivity (Wildman–Crippen MR) is 91.8 cm³/mol. The number of carbonyl (C=O) groups is 1. The van der Waals surface area contributed by atoms with Gasteiger partial charge in [0.15, 0.2) is 0 Å². The number of benzene rings is 1. The van der Waals surface area contributed by atoms with Gasteiger partial charge in [-0.15, -0.1) is 0 Å². The van der Waals surface area contributed by atoms with Crippen molar-refractivity contribution in [2.45, 2.75) is 51.7 Å². The van der Waals surface area contributed by atoms with Gasteiger partial charge in [-0.2, -0.15) is 0 Å². The zero-order valence-electron chi connectivity index (χ0n) is 13.8. The van der Waals surface area contributed by atoms with Crippen molar-refractivity contribution in [2.75, 3.05) is 0 Å². The van der Waals surface area contributed by atoms with Gasteiger partial charge in [-0.25, -0.2) is 0 Å². The van der Waals surface area contributed by atoms with Gasteiger partial charge in [0, 0.05) is 0 Å². The number of aliphatic carboxylic acids is 1. The Morgan fingerprint density at radius 1 is 1.05 bits per heavy atom. The fraction of sp³-hybridized carbons (Fsp3) is 0.533. The van der Waals surface area contributed by atoms with Crippen molar-refractivity contribution in [3.05, 3.63) is 29.8 Å². The number of aromatic hydroxyl groups is 1. The highest BCUT2D eigenvalue weighted by Gasteiger charge is 2.42. The molecule has 2 N–H and O–H groups in total. The number of nitrogens with zero attached hydrogens (tertiary/aromatic N) is 1. The second kappa shape index (κ2) is 6.33. The summed E-state index contributed by atoms with van der Waals surface area (Å²) in [5, 5.41) is 19.1. The van der Waals surface area contributed by atoms with E-state index in [-0.39, 0.29) is 5.75 Å². The lowest BCUT2D eigenvalue weighted by Gasteiger charge is -2.47. The Labute approximate surface area is 129 Å². The molecule has 0 bridgehead atoms. The smallest absolute Gasteiger partial charge is 0.319 e. The third kappa shape index (κ3) is 4.98. The highest BCUT2D eigenvalue weighted by molar-refractivity contribution is 6.89. The van der Waals surface area contributed by atoms with Crippen LogP contribution in [0, 0.1) is 0 Å². The zero-order chi connectivity index (χ0) is 16.4. The summed E-state index contributed by atoms with van der Waals surface area (Å²) in [5.74, 6) is -0.550. The Morgan fingerprint density at radius 3 is 1.81 bits per heavy atom. The molecule has 0 heterocycles. The van der Waals surface area contributed by atoms with Crippen LogP contribution >= 0.6 is 0 Å². The Kier molecular flexibility index (Phi) is 5.41. The van der Waals surface area contributed by atoms with Crippen LogP contribution in [0.4, 0.5) is 0 Å². The van der Waals surface area contributed by atoms with Crippen molar-refractivity contribution in [1.82, 2.24) is 4.23 Å². The van der Waals surface area contributed by atoms with E-state index in [1.54, 1.807) is 24.3 Å². The van der Waals surface area contributed by atoms with Gasteiger partial charge in [0.05, 0.1) is 0 Å². The van der Waals surface area contributed by atoms with E-state index < -0.39 is 28.5 Å². The van der Waals surface area contributed by atoms with Crippen LogP contribution in [0.3, 0.4) is 0 Å². The van der Waals surface area contributed by atoms with Gasteiger partial charge in [0.2, 0.25) is 0 Å². The molecule has 0 radical (unpaired) electrons. The van der Waals surface area contributed by atoms with Crippen molar-refractivity contribution in [3.8, 4) is 5.75 Å². The van der Waals surface area contributed by atoms with Crippen LogP contribution in [0.2, 0.25) is 39.3 Å². The Morgan fingerprint density at radius 2 is 1.48 bits per heavy atom. The second-order valence-electron chi connectivity index (χ2n) is 7.44. The van der Waals surface area contributed by atoms with E-state index in [1.165, 1.54) is 0 Å². The Balaban J connectivity index is 3.14. The first-order valence-corrected chi connectivity index (χ1v) is 14.1. The molecule has 0 fully saturated rings. The van der Waals surface area contributed by atoms with Crippen molar-refractivity contribution >= 4 is 22.4 Å². The molecule has 118 valence electrons. The summed E-state index contributed by atoms with van der Waals surface area (Å²) in [6, 6.07) is 6.34. The van der Waals surface area contributed by atoms with E-state index in [1.807, 2.05) is 0 Å². The summed E-state index contributed by atoms with van der Waals surface area (Å²) < 4.78 is 2.31. The molecule has 0 saturated heterocycles. The van der Waals surface area contributed by atoms with Crippen LogP contribution in [0.1, 0.15) is 5.56 Å². The van der Waals surface area contributed by atoms with Crippen LogP contribution < -0.4 is 0 Å².